The summed E-state index contributed by atoms with van der Waals surface area (Å²) in [5.74, 6) is -0.349. The van der Waals surface area contributed by atoms with E-state index >= 15 is 0 Å². The van der Waals surface area contributed by atoms with Crippen molar-refractivity contribution in [3.05, 3.63) is 88.5 Å². The molecule has 1 heterocycles. The summed E-state index contributed by atoms with van der Waals surface area (Å²) in [6, 6.07) is 16.6. The molecule has 28 heavy (non-hydrogen) atoms. The van der Waals surface area contributed by atoms with Gasteiger partial charge in [0.25, 0.3) is 0 Å². The molecule has 0 saturated heterocycles. The number of amides is 1. The highest BCUT2D eigenvalue weighted by atomic mass is 19.1. The fourth-order valence-corrected chi connectivity index (χ4v) is 3.33. The molecule has 0 aliphatic heterocycles. The van der Waals surface area contributed by atoms with Crippen LogP contribution in [0.3, 0.4) is 0 Å². The molecule has 3 aromatic rings. The lowest BCUT2D eigenvalue weighted by Gasteiger charge is -2.13. The van der Waals surface area contributed by atoms with E-state index in [1.54, 1.807) is 6.07 Å². The number of aromatic nitrogens is 2. The number of nitrogens with zero attached hydrogens (tertiary/aromatic N) is 2. The number of hydrogen-bond donors (Lipinski definition) is 1. The molecule has 1 N–H and O–H groups in total. The third-order valence-electron chi connectivity index (χ3n) is 4.83. The first-order valence-electron chi connectivity index (χ1n) is 9.52. The first-order chi connectivity index (χ1) is 13.4. The monoisotopic (exact) mass is 379 g/mol. The van der Waals surface area contributed by atoms with Crippen molar-refractivity contribution in [3.8, 4) is 0 Å². The highest BCUT2D eigenvalue weighted by molar-refractivity contribution is 5.76. The molecule has 0 bridgehead atoms. The second-order valence-corrected chi connectivity index (χ2v) is 7.34. The Morgan fingerprint density at radius 2 is 1.86 bits per heavy atom. The SMILES string of the molecule is Cc1cc(C)n(Cc2cccc(CNC(=O)CC(C)c3cccc(F)c3)c2)n1. The zero-order valence-electron chi connectivity index (χ0n) is 16.6. The molecule has 1 aromatic heterocycles. The molecule has 4 nitrogen and oxygen atoms in total. The van der Waals surface area contributed by atoms with Crippen LogP contribution in [0.4, 0.5) is 4.39 Å². The van der Waals surface area contributed by atoms with Crippen LogP contribution >= 0.6 is 0 Å². The normalized spacial score (nSPS) is 12.0. The van der Waals surface area contributed by atoms with Gasteiger partial charge in [-0.05, 0) is 54.7 Å². The fourth-order valence-electron chi connectivity index (χ4n) is 3.33. The smallest absolute Gasteiger partial charge is 0.220 e. The number of rotatable bonds is 7. The highest BCUT2D eigenvalue weighted by Crippen LogP contribution is 2.19. The van der Waals surface area contributed by atoms with Gasteiger partial charge in [0.15, 0.2) is 0 Å². The van der Waals surface area contributed by atoms with Crippen LogP contribution in [-0.2, 0) is 17.9 Å². The van der Waals surface area contributed by atoms with Crippen molar-refractivity contribution in [2.75, 3.05) is 0 Å². The van der Waals surface area contributed by atoms with E-state index in [0.29, 0.717) is 19.5 Å². The van der Waals surface area contributed by atoms with Crippen LogP contribution in [0.5, 0.6) is 0 Å². The second kappa shape index (κ2) is 8.83. The Morgan fingerprint density at radius 1 is 1.11 bits per heavy atom. The van der Waals surface area contributed by atoms with Gasteiger partial charge < -0.3 is 5.32 Å². The molecule has 0 saturated carbocycles. The lowest BCUT2D eigenvalue weighted by molar-refractivity contribution is -0.121. The van der Waals surface area contributed by atoms with Gasteiger partial charge in [0.1, 0.15) is 5.82 Å². The Hall–Kier alpha value is -2.95. The summed E-state index contributed by atoms with van der Waals surface area (Å²) in [7, 11) is 0. The first-order valence-corrected chi connectivity index (χ1v) is 9.52. The second-order valence-electron chi connectivity index (χ2n) is 7.34. The lowest BCUT2D eigenvalue weighted by Crippen LogP contribution is -2.24. The topological polar surface area (TPSA) is 46.9 Å². The molecule has 2 aromatic carbocycles. The number of halogens is 1. The van der Waals surface area contributed by atoms with Gasteiger partial charge >= 0.3 is 0 Å². The summed E-state index contributed by atoms with van der Waals surface area (Å²) in [6.07, 6.45) is 0.328. The minimum Gasteiger partial charge on any atom is -0.352 e. The Kier molecular flexibility index (Phi) is 6.24. The largest absolute Gasteiger partial charge is 0.352 e. The third kappa shape index (κ3) is 5.28. The summed E-state index contributed by atoms with van der Waals surface area (Å²) in [4.78, 5) is 12.3. The molecule has 0 aliphatic rings. The molecule has 0 spiro atoms. The van der Waals surface area contributed by atoms with Gasteiger partial charge in [-0.15, -0.1) is 0 Å². The van der Waals surface area contributed by atoms with Crippen molar-refractivity contribution in [3.63, 3.8) is 0 Å². The molecule has 3 rings (SSSR count). The molecule has 146 valence electrons. The van der Waals surface area contributed by atoms with Crippen LogP contribution in [0.15, 0.2) is 54.6 Å². The number of aryl methyl sites for hydroxylation is 2. The number of carbonyl (C=O) groups excluding carboxylic acids is 1. The Morgan fingerprint density at radius 3 is 2.57 bits per heavy atom. The van der Waals surface area contributed by atoms with Gasteiger partial charge in [0, 0.05) is 18.7 Å². The summed E-state index contributed by atoms with van der Waals surface area (Å²) >= 11 is 0. The fraction of sp³-hybridized carbons (Fsp3) is 0.304. The summed E-state index contributed by atoms with van der Waals surface area (Å²) < 4.78 is 15.3. The Bertz CT molecular complexity index is 964. The van der Waals surface area contributed by atoms with E-state index in [1.807, 2.05) is 43.7 Å². The molecule has 1 atom stereocenters. The van der Waals surface area contributed by atoms with E-state index < -0.39 is 0 Å². The molecular formula is C23H26FN3O. The van der Waals surface area contributed by atoms with E-state index in [4.69, 9.17) is 0 Å². The minimum atomic E-state index is -0.274. The minimum absolute atomic E-state index is 0.0342. The van der Waals surface area contributed by atoms with Crippen LogP contribution in [0.1, 0.15) is 47.3 Å². The van der Waals surface area contributed by atoms with E-state index in [9.17, 15) is 9.18 Å². The predicted octanol–water partition coefficient (Wildman–Crippen LogP) is 4.50. The maximum atomic E-state index is 13.3. The molecule has 1 unspecified atom stereocenters. The first kappa shape index (κ1) is 19.8. The van der Waals surface area contributed by atoms with Gasteiger partial charge in [-0.1, -0.05) is 43.3 Å². The van der Waals surface area contributed by atoms with Crippen molar-refractivity contribution in [1.29, 1.82) is 0 Å². The van der Waals surface area contributed by atoms with Crippen LogP contribution in [-0.4, -0.2) is 15.7 Å². The molecule has 0 radical (unpaired) electrons. The average Bonchev–Trinajstić information content (AvgIpc) is 2.97. The summed E-state index contributed by atoms with van der Waals surface area (Å²) in [5.41, 5.74) is 5.16. The molecule has 0 aliphatic carbocycles. The number of carbonyl (C=O) groups is 1. The van der Waals surface area contributed by atoms with Crippen molar-refractivity contribution in [2.45, 2.75) is 46.2 Å². The van der Waals surface area contributed by atoms with Gasteiger partial charge in [-0.3, -0.25) is 9.48 Å². The number of benzene rings is 2. The van der Waals surface area contributed by atoms with Gasteiger partial charge in [-0.25, -0.2) is 4.39 Å². The lowest BCUT2D eigenvalue weighted by atomic mass is 9.97. The van der Waals surface area contributed by atoms with Crippen molar-refractivity contribution in [1.82, 2.24) is 15.1 Å². The zero-order chi connectivity index (χ0) is 20.1. The number of nitrogens with one attached hydrogen (secondary N) is 1. The van der Waals surface area contributed by atoms with E-state index in [2.05, 4.69) is 28.6 Å². The summed E-state index contributed by atoms with van der Waals surface area (Å²) in [6.45, 7) is 7.14. The summed E-state index contributed by atoms with van der Waals surface area (Å²) in [5, 5.41) is 7.46. The van der Waals surface area contributed by atoms with Crippen LogP contribution in [0, 0.1) is 19.7 Å². The quantitative estimate of drug-likeness (QED) is 0.657. The van der Waals surface area contributed by atoms with Crippen molar-refractivity contribution >= 4 is 5.91 Å². The molecule has 1 amide bonds. The van der Waals surface area contributed by atoms with Crippen LogP contribution in [0.2, 0.25) is 0 Å². The van der Waals surface area contributed by atoms with E-state index in [-0.39, 0.29) is 17.6 Å². The number of hydrogen-bond acceptors (Lipinski definition) is 2. The van der Waals surface area contributed by atoms with Crippen molar-refractivity contribution in [2.24, 2.45) is 0 Å². The van der Waals surface area contributed by atoms with Crippen LogP contribution < -0.4 is 5.32 Å². The standard InChI is InChI=1S/C23H26FN3O/c1-16(21-8-5-9-22(24)13-21)10-23(28)25-14-19-6-4-7-20(12-19)15-27-18(3)11-17(2)26-27/h4-9,11-13,16H,10,14-15H2,1-3H3,(H,25,28). The Labute approximate surface area is 165 Å². The predicted molar refractivity (Wildman–Crippen MR) is 109 cm³/mol. The van der Waals surface area contributed by atoms with Gasteiger partial charge in [0.05, 0.1) is 12.2 Å². The molecule has 0 fully saturated rings. The Balaban J connectivity index is 1.55. The maximum Gasteiger partial charge on any atom is 0.220 e. The van der Waals surface area contributed by atoms with E-state index in [1.165, 1.54) is 12.1 Å². The van der Waals surface area contributed by atoms with Crippen molar-refractivity contribution < 1.29 is 9.18 Å². The maximum absolute atomic E-state index is 13.3. The van der Waals surface area contributed by atoms with Crippen LogP contribution in [0.25, 0.3) is 0 Å². The zero-order valence-corrected chi connectivity index (χ0v) is 16.6. The third-order valence-corrected chi connectivity index (χ3v) is 4.83. The molecule has 5 heteroatoms. The highest BCUT2D eigenvalue weighted by Gasteiger charge is 2.12. The van der Waals surface area contributed by atoms with Gasteiger partial charge in [-0.2, -0.15) is 5.10 Å². The van der Waals surface area contributed by atoms with Gasteiger partial charge in [0.2, 0.25) is 5.91 Å². The molecular weight excluding hydrogens is 353 g/mol. The van der Waals surface area contributed by atoms with E-state index in [0.717, 1.165) is 28.1 Å². The average molecular weight is 379 g/mol.